The summed E-state index contributed by atoms with van der Waals surface area (Å²) >= 11 is 0. The lowest BCUT2D eigenvalue weighted by Gasteiger charge is -2.33. The van der Waals surface area contributed by atoms with E-state index in [0.717, 1.165) is 0 Å². The highest BCUT2D eigenvalue weighted by Gasteiger charge is 2.77. The Hall–Kier alpha value is -1.26. The van der Waals surface area contributed by atoms with Gasteiger partial charge in [0.1, 0.15) is 0 Å². The maximum Gasteiger partial charge on any atom is 0.377 e. The molecule has 0 bridgehead atoms. The fourth-order valence-corrected chi connectivity index (χ4v) is 0.937. The lowest BCUT2D eigenvalue weighted by atomic mass is 10.0. The van der Waals surface area contributed by atoms with Crippen molar-refractivity contribution in [1.29, 1.82) is 0 Å². The molecule has 0 aliphatic rings. The molecule has 0 saturated carbocycles. The van der Waals surface area contributed by atoms with Gasteiger partial charge in [0, 0.05) is 41.5 Å². The molecule has 0 aromatic heterocycles. The van der Waals surface area contributed by atoms with E-state index >= 15 is 0 Å². The second-order valence-electron chi connectivity index (χ2n) is 7.05. The van der Waals surface area contributed by atoms with Crippen molar-refractivity contribution in [2.24, 2.45) is 0 Å². The van der Waals surface area contributed by atoms with Gasteiger partial charge in [-0.1, -0.05) is 0 Å². The molecule has 0 spiro atoms. The molecule has 0 radical (unpaired) electrons. The maximum absolute atomic E-state index is 12.2. The highest BCUT2D eigenvalue weighted by molar-refractivity contribution is 5.00. The SMILES string of the molecule is CC(F)(F)C(C)(F)F.CC(F)(F)C(F)(F)C(C)(F)F.CC(F)(F)C(F)(F)C(F)(F)C(C)(F)F. The highest BCUT2D eigenvalue weighted by Crippen LogP contribution is 2.52. The number of hydrogen-bond donors (Lipinski definition) is 0. The molecular weight excluding hydrogens is 522 g/mol. The third-order valence-corrected chi connectivity index (χ3v) is 3.37. The molecule has 0 N–H and O–H groups in total. The highest BCUT2D eigenvalue weighted by atomic mass is 19.4. The first-order valence-electron chi connectivity index (χ1n) is 7.90. The molecule has 0 aliphatic heterocycles. The number of hydrogen-bond acceptors (Lipinski definition) is 0. The molecule has 0 saturated heterocycles. The Labute approximate surface area is 175 Å². The molecule has 0 rings (SSSR count). The summed E-state index contributed by atoms with van der Waals surface area (Å²) < 4.78 is 214. The van der Waals surface area contributed by atoms with E-state index in [1.807, 2.05) is 0 Å². The fourth-order valence-electron chi connectivity index (χ4n) is 0.937. The van der Waals surface area contributed by atoms with E-state index in [0.29, 0.717) is 0 Å². The predicted octanol–water partition coefficient (Wildman–Crippen LogP) is 8.80. The van der Waals surface area contributed by atoms with E-state index in [1.54, 1.807) is 0 Å². The molecule has 0 aromatic rings. The second kappa shape index (κ2) is 9.77. The van der Waals surface area contributed by atoms with Crippen LogP contribution in [0.15, 0.2) is 0 Å². The van der Waals surface area contributed by atoms with E-state index < -0.39 is 67.2 Å². The third kappa shape index (κ3) is 9.13. The average molecular weight is 540 g/mol. The smallest absolute Gasteiger partial charge is 0.200 e. The summed E-state index contributed by atoms with van der Waals surface area (Å²) in [6.07, 6.45) is 0. The summed E-state index contributed by atoms with van der Waals surface area (Å²) in [5.74, 6) is -45.1. The van der Waals surface area contributed by atoms with Crippen molar-refractivity contribution < 1.29 is 79.0 Å². The number of halogens is 18. The van der Waals surface area contributed by atoms with Crippen LogP contribution in [0.2, 0.25) is 0 Å². The molecule has 0 unspecified atom stereocenters. The normalized spacial score (nSPS) is 15.3. The first kappa shape index (κ1) is 36.3. The molecule has 0 aromatic carbocycles. The Morgan fingerprint density at radius 2 is 0.333 bits per heavy atom. The average Bonchev–Trinajstić information content (AvgIpc) is 2.41. The van der Waals surface area contributed by atoms with Gasteiger partial charge in [-0.3, -0.25) is 0 Å². The molecule has 0 aliphatic carbocycles. The Morgan fingerprint density at radius 3 is 0.364 bits per heavy atom. The van der Waals surface area contributed by atoms with Crippen LogP contribution < -0.4 is 0 Å². The van der Waals surface area contributed by atoms with Gasteiger partial charge >= 0.3 is 53.3 Å². The molecule has 204 valence electrons. The third-order valence-electron chi connectivity index (χ3n) is 3.37. The van der Waals surface area contributed by atoms with E-state index in [-0.39, 0.29) is 27.7 Å². The van der Waals surface area contributed by atoms with Crippen LogP contribution in [-0.2, 0) is 0 Å². The van der Waals surface area contributed by atoms with Crippen LogP contribution in [0.25, 0.3) is 0 Å². The van der Waals surface area contributed by atoms with E-state index in [1.165, 1.54) is 0 Å². The standard InChI is InChI=1S/C6H6F8.C5H6F6.C4H6F4/c1-3(7,8)5(11,12)6(13,14)4(2,9)10;1-3(6,7)5(10,11)4(2,8)9;1-3(5,6)4(2,7)8/h1-2H3;1-2H3;1-2H3. The summed E-state index contributed by atoms with van der Waals surface area (Å²) in [5, 5.41) is 0. The number of rotatable bonds is 6. The van der Waals surface area contributed by atoms with Gasteiger partial charge in [0.15, 0.2) is 0 Å². The van der Waals surface area contributed by atoms with Gasteiger partial charge in [0.2, 0.25) is 0 Å². The lowest BCUT2D eigenvalue weighted by Crippen LogP contribution is -2.60. The molecule has 0 amide bonds. The quantitative estimate of drug-likeness (QED) is 0.296. The van der Waals surface area contributed by atoms with E-state index in [9.17, 15) is 79.0 Å². The molecule has 0 atom stereocenters. The first-order chi connectivity index (χ1) is 13.5. The minimum absolute atomic E-state index is 0.188. The van der Waals surface area contributed by atoms with Gasteiger partial charge in [-0.15, -0.1) is 0 Å². The lowest BCUT2D eigenvalue weighted by molar-refractivity contribution is -0.357. The zero-order valence-corrected chi connectivity index (χ0v) is 17.3. The maximum atomic E-state index is 12.2. The van der Waals surface area contributed by atoms with Crippen LogP contribution in [0.5, 0.6) is 0 Å². The monoisotopic (exact) mass is 540 g/mol. The molecule has 33 heavy (non-hydrogen) atoms. The first-order valence-corrected chi connectivity index (χ1v) is 7.90. The minimum Gasteiger partial charge on any atom is -0.200 e. The fraction of sp³-hybridized carbons (Fsp3) is 1.00. The van der Waals surface area contributed by atoms with Crippen LogP contribution in [-0.4, -0.2) is 53.3 Å². The van der Waals surface area contributed by atoms with E-state index in [2.05, 4.69) is 0 Å². The summed E-state index contributed by atoms with van der Waals surface area (Å²) in [6, 6.07) is 0. The molecule has 0 fully saturated rings. The molecular formula is C15H18F18. The Balaban J connectivity index is -0.000000426. The van der Waals surface area contributed by atoms with Crippen LogP contribution in [0, 0.1) is 0 Å². The second-order valence-corrected chi connectivity index (χ2v) is 7.05. The largest absolute Gasteiger partial charge is 0.377 e. The predicted molar refractivity (Wildman–Crippen MR) is 78.6 cm³/mol. The van der Waals surface area contributed by atoms with Crippen molar-refractivity contribution in [3.63, 3.8) is 0 Å². The molecule has 18 heteroatoms. The van der Waals surface area contributed by atoms with Crippen molar-refractivity contribution in [2.75, 3.05) is 0 Å². The van der Waals surface area contributed by atoms with E-state index in [4.69, 9.17) is 0 Å². The van der Waals surface area contributed by atoms with Gasteiger partial charge in [-0.25, -0.2) is 17.6 Å². The van der Waals surface area contributed by atoms with Gasteiger partial charge in [-0.05, 0) is 0 Å². The van der Waals surface area contributed by atoms with Crippen LogP contribution >= 0.6 is 0 Å². The molecule has 0 nitrogen and oxygen atoms in total. The Morgan fingerprint density at radius 1 is 0.212 bits per heavy atom. The summed E-state index contributed by atoms with van der Waals surface area (Å²) in [7, 11) is 0. The van der Waals surface area contributed by atoms with Crippen molar-refractivity contribution in [3.8, 4) is 0 Å². The van der Waals surface area contributed by atoms with Gasteiger partial charge < -0.3 is 0 Å². The summed E-state index contributed by atoms with van der Waals surface area (Å²) in [6.45, 7) is -1.21. The van der Waals surface area contributed by atoms with Crippen molar-refractivity contribution in [1.82, 2.24) is 0 Å². The Bertz CT molecular complexity index is 533. The zero-order valence-electron chi connectivity index (χ0n) is 17.3. The van der Waals surface area contributed by atoms with Crippen molar-refractivity contribution in [3.05, 3.63) is 0 Å². The minimum atomic E-state index is -6.10. The van der Waals surface area contributed by atoms with Crippen LogP contribution in [0.4, 0.5) is 79.0 Å². The van der Waals surface area contributed by atoms with Gasteiger partial charge in [-0.2, -0.15) is 61.5 Å². The number of alkyl halides is 18. The van der Waals surface area contributed by atoms with Crippen LogP contribution in [0.3, 0.4) is 0 Å². The van der Waals surface area contributed by atoms with Crippen molar-refractivity contribution >= 4 is 0 Å². The van der Waals surface area contributed by atoms with Crippen molar-refractivity contribution in [2.45, 2.75) is 94.8 Å². The summed E-state index contributed by atoms with van der Waals surface area (Å²) in [5.41, 5.74) is 0. The van der Waals surface area contributed by atoms with Gasteiger partial charge in [0.25, 0.3) is 0 Å². The topological polar surface area (TPSA) is 0 Å². The zero-order chi connectivity index (χ0) is 28.5. The molecule has 0 heterocycles. The van der Waals surface area contributed by atoms with Crippen LogP contribution in [0.1, 0.15) is 41.5 Å². The van der Waals surface area contributed by atoms with Gasteiger partial charge in [0.05, 0.1) is 0 Å². The Kier molecular flexibility index (Phi) is 10.8. The summed E-state index contributed by atoms with van der Waals surface area (Å²) in [4.78, 5) is 0.